The van der Waals surface area contributed by atoms with Gasteiger partial charge in [-0.2, -0.15) is 5.26 Å². The van der Waals surface area contributed by atoms with Gasteiger partial charge in [-0.05, 0) is 12.8 Å². The fourth-order valence-corrected chi connectivity index (χ4v) is 0.562. The SMILES string of the molecule is N#CCCCCC#CCO. The lowest BCUT2D eigenvalue weighted by Gasteiger charge is -1.85. The van der Waals surface area contributed by atoms with Crippen molar-refractivity contribution in [3.8, 4) is 17.9 Å². The van der Waals surface area contributed by atoms with Crippen LogP contribution in [0.15, 0.2) is 0 Å². The minimum absolute atomic E-state index is 0.0573. The van der Waals surface area contributed by atoms with Gasteiger partial charge in [-0.1, -0.05) is 5.92 Å². The minimum atomic E-state index is -0.0573. The summed E-state index contributed by atoms with van der Waals surface area (Å²) in [6.45, 7) is -0.0573. The maximum atomic E-state index is 8.24. The monoisotopic (exact) mass is 137 g/mol. The first-order chi connectivity index (χ1) is 4.91. The van der Waals surface area contributed by atoms with Gasteiger partial charge in [0.2, 0.25) is 0 Å². The van der Waals surface area contributed by atoms with Crippen LogP contribution in [0.5, 0.6) is 0 Å². The second kappa shape index (κ2) is 8.01. The Labute approximate surface area is 61.5 Å². The Balaban J connectivity index is 2.99. The van der Waals surface area contributed by atoms with E-state index in [9.17, 15) is 0 Å². The van der Waals surface area contributed by atoms with Crippen LogP contribution in [0.3, 0.4) is 0 Å². The molecule has 54 valence electrons. The van der Waals surface area contributed by atoms with Crippen LogP contribution in [0.2, 0.25) is 0 Å². The average molecular weight is 137 g/mol. The lowest BCUT2D eigenvalue weighted by Crippen LogP contribution is -1.74. The zero-order chi connectivity index (χ0) is 7.66. The van der Waals surface area contributed by atoms with Crippen LogP contribution in [0.1, 0.15) is 25.7 Å². The largest absolute Gasteiger partial charge is 0.384 e. The third kappa shape index (κ3) is 7.01. The van der Waals surface area contributed by atoms with Crippen molar-refractivity contribution in [3.05, 3.63) is 0 Å². The first-order valence-electron chi connectivity index (χ1n) is 3.35. The molecule has 0 atom stereocenters. The number of nitrogens with zero attached hydrogens (tertiary/aromatic N) is 1. The molecule has 0 saturated heterocycles. The van der Waals surface area contributed by atoms with Gasteiger partial charge in [0.25, 0.3) is 0 Å². The molecule has 0 bridgehead atoms. The van der Waals surface area contributed by atoms with Gasteiger partial charge in [-0.3, -0.25) is 0 Å². The Hall–Kier alpha value is -0.990. The zero-order valence-electron chi connectivity index (χ0n) is 5.93. The van der Waals surface area contributed by atoms with Gasteiger partial charge >= 0.3 is 0 Å². The maximum absolute atomic E-state index is 8.24. The van der Waals surface area contributed by atoms with Gasteiger partial charge in [0.1, 0.15) is 6.61 Å². The molecular formula is C8H11NO. The number of unbranched alkanes of at least 4 members (excludes halogenated alkanes) is 3. The predicted molar refractivity (Wildman–Crippen MR) is 38.9 cm³/mol. The van der Waals surface area contributed by atoms with Crippen molar-refractivity contribution in [1.82, 2.24) is 0 Å². The molecule has 2 nitrogen and oxygen atoms in total. The van der Waals surface area contributed by atoms with Crippen LogP contribution in [0, 0.1) is 23.2 Å². The van der Waals surface area contributed by atoms with Crippen molar-refractivity contribution in [3.63, 3.8) is 0 Å². The highest BCUT2D eigenvalue weighted by atomic mass is 16.2. The summed E-state index contributed by atoms with van der Waals surface area (Å²) in [5.74, 6) is 5.33. The molecule has 0 saturated carbocycles. The van der Waals surface area contributed by atoms with Gasteiger partial charge in [0.05, 0.1) is 6.07 Å². The van der Waals surface area contributed by atoms with Crippen LogP contribution >= 0.6 is 0 Å². The second-order valence-electron chi connectivity index (χ2n) is 1.88. The third-order valence-electron chi connectivity index (χ3n) is 1.04. The molecule has 0 aliphatic carbocycles. The molecule has 0 radical (unpaired) electrons. The normalized spacial score (nSPS) is 7.60. The number of aliphatic hydroxyl groups excluding tert-OH is 1. The Morgan fingerprint density at radius 3 is 2.40 bits per heavy atom. The van der Waals surface area contributed by atoms with E-state index in [-0.39, 0.29) is 6.61 Å². The summed E-state index contributed by atoms with van der Waals surface area (Å²) in [5, 5.41) is 16.4. The molecule has 2 heteroatoms. The van der Waals surface area contributed by atoms with Crippen LogP contribution < -0.4 is 0 Å². The number of rotatable bonds is 3. The summed E-state index contributed by atoms with van der Waals surface area (Å²) in [4.78, 5) is 0. The van der Waals surface area contributed by atoms with Crippen molar-refractivity contribution in [2.75, 3.05) is 6.61 Å². The van der Waals surface area contributed by atoms with E-state index < -0.39 is 0 Å². The first kappa shape index (κ1) is 9.01. The van der Waals surface area contributed by atoms with Crippen LogP contribution in [0.25, 0.3) is 0 Å². The van der Waals surface area contributed by atoms with E-state index >= 15 is 0 Å². The highest BCUT2D eigenvalue weighted by Crippen LogP contribution is 1.96. The summed E-state index contributed by atoms with van der Waals surface area (Å²) < 4.78 is 0. The minimum Gasteiger partial charge on any atom is -0.384 e. The summed E-state index contributed by atoms with van der Waals surface area (Å²) in [6, 6.07) is 2.06. The van der Waals surface area contributed by atoms with Crippen molar-refractivity contribution < 1.29 is 5.11 Å². The van der Waals surface area contributed by atoms with Crippen molar-refractivity contribution in [2.24, 2.45) is 0 Å². The van der Waals surface area contributed by atoms with Crippen LogP contribution in [0.4, 0.5) is 0 Å². The molecule has 1 N–H and O–H groups in total. The molecule has 0 fully saturated rings. The lowest BCUT2D eigenvalue weighted by molar-refractivity contribution is 0.350. The van der Waals surface area contributed by atoms with E-state index in [1.165, 1.54) is 0 Å². The fourth-order valence-electron chi connectivity index (χ4n) is 0.562. The molecule has 0 aromatic heterocycles. The van der Waals surface area contributed by atoms with Crippen molar-refractivity contribution in [2.45, 2.75) is 25.7 Å². The van der Waals surface area contributed by atoms with Crippen LogP contribution in [-0.4, -0.2) is 11.7 Å². The Kier molecular flexibility index (Phi) is 7.22. The summed E-state index contributed by atoms with van der Waals surface area (Å²) in [7, 11) is 0. The van der Waals surface area contributed by atoms with Gasteiger partial charge < -0.3 is 5.11 Å². The molecular weight excluding hydrogens is 126 g/mol. The molecule has 0 aromatic rings. The molecule has 0 unspecified atom stereocenters. The molecule has 0 aromatic carbocycles. The van der Waals surface area contributed by atoms with E-state index in [0.29, 0.717) is 6.42 Å². The number of hydrogen-bond donors (Lipinski definition) is 1. The molecule has 0 aliphatic heterocycles. The van der Waals surface area contributed by atoms with E-state index in [1.54, 1.807) is 0 Å². The van der Waals surface area contributed by atoms with Crippen LogP contribution in [-0.2, 0) is 0 Å². The highest BCUT2D eigenvalue weighted by Gasteiger charge is 1.82. The molecule has 0 heterocycles. The standard InChI is InChI=1S/C8H11NO/c9-7-5-3-1-2-4-6-8-10/h10H,1-3,5,8H2. The molecule has 0 rings (SSSR count). The topological polar surface area (TPSA) is 44.0 Å². The number of aliphatic hydroxyl groups is 1. The smallest absolute Gasteiger partial charge is 0.104 e. The molecule has 0 amide bonds. The van der Waals surface area contributed by atoms with Gasteiger partial charge in [0, 0.05) is 12.8 Å². The number of nitriles is 1. The zero-order valence-corrected chi connectivity index (χ0v) is 5.93. The Bertz CT molecular complexity index is 158. The third-order valence-corrected chi connectivity index (χ3v) is 1.04. The van der Waals surface area contributed by atoms with E-state index in [1.807, 2.05) is 0 Å². The van der Waals surface area contributed by atoms with Gasteiger partial charge in [-0.15, -0.1) is 5.92 Å². The first-order valence-corrected chi connectivity index (χ1v) is 3.35. The van der Waals surface area contributed by atoms with E-state index in [0.717, 1.165) is 19.3 Å². The summed E-state index contributed by atoms with van der Waals surface area (Å²) in [6.07, 6.45) is 3.28. The van der Waals surface area contributed by atoms with E-state index in [4.69, 9.17) is 10.4 Å². The Morgan fingerprint density at radius 1 is 1.10 bits per heavy atom. The average Bonchev–Trinajstić information content (AvgIpc) is 1.97. The maximum Gasteiger partial charge on any atom is 0.104 e. The molecule has 0 aliphatic rings. The van der Waals surface area contributed by atoms with Gasteiger partial charge in [-0.25, -0.2) is 0 Å². The van der Waals surface area contributed by atoms with Gasteiger partial charge in [0.15, 0.2) is 0 Å². The fraction of sp³-hybridized carbons (Fsp3) is 0.625. The van der Waals surface area contributed by atoms with E-state index in [2.05, 4.69) is 17.9 Å². The summed E-state index contributed by atoms with van der Waals surface area (Å²) >= 11 is 0. The molecule has 10 heavy (non-hydrogen) atoms. The van der Waals surface area contributed by atoms with Crippen molar-refractivity contribution >= 4 is 0 Å². The second-order valence-corrected chi connectivity index (χ2v) is 1.88. The quantitative estimate of drug-likeness (QED) is 0.467. The lowest BCUT2D eigenvalue weighted by atomic mass is 10.2. The van der Waals surface area contributed by atoms with Crippen molar-refractivity contribution in [1.29, 1.82) is 5.26 Å². The Morgan fingerprint density at radius 2 is 1.80 bits per heavy atom. The number of hydrogen-bond acceptors (Lipinski definition) is 2. The molecule has 0 spiro atoms. The highest BCUT2D eigenvalue weighted by molar-refractivity contribution is 4.98. The summed E-state index contributed by atoms with van der Waals surface area (Å²) in [5.41, 5.74) is 0. The predicted octanol–water partition coefficient (Wildman–Crippen LogP) is 1.07.